The Labute approximate surface area is 142 Å². The van der Waals surface area contributed by atoms with Crippen molar-refractivity contribution in [3.8, 4) is 0 Å². The molecule has 0 aromatic heterocycles. The third kappa shape index (κ3) is 5.23. The average molecular weight is 334 g/mol. The number of nitrogens with zero attached hydrogens (tertiary/aromatic N) is 1. The molecule has 0 saturated carbocycles. The highest BCUT2D eigenvalue weighted by atomic mass is 16.6. The van der Waals surface area contributed by atoms with Crippen molar-refractivity contribution in [2.75, 3.05) is 25.0 Å². The van der Waals surface area contributed by atoms with Crippen molar-refractivity contribution in [1.82, 2.24) is 4.90 Å². The lowest BCUT2D eigenvalue weighted by Gasteiger charge is -2.32. The van der Waals surface area contributed by atoms with Crippen LogP contribution in [0.4, 0.5) is 10.5 Å². The quantitative estimate of drug-likeness (QED) is 0.891. The summed E-state index contributed by atoms with van der Waals surface area (Å²) in [5.41, 5.74) is 1.31. The number of likely N-dealkylation sites (tertiary alicyclic amines) is 1. The minimum atomic E-state index is -0.534. The first kappa shape index (κ1) is 18.3. The molecule has 2 N–H and O–H groups in total. The normalized spacial score (nSPS) is 15.9. The van der Waals surface area contributed by atoms with Gasteiger partial charge in [0.1, 0.15) is 12.2 Å². The molecule has 6 nitrogen and oxygen atoms in total. The standard InChI is InChI=1S/C18H26N2O4/c1-18(2,3)24-17(23)19-15-6-4-5-14(11-15)13-7-9-20(10-8-13)16(22)12-21/h4-6,11,13,21H,7-10,12H2,1-3H3,(H,19,23). The van der Waals surface area contributed by atoms with Gasteiger partial charge in [0.2, 0.25) is 5.91 Å². The minimum Gasteiger partial charge on any atom is -0.444 e. The number of aliphatic hydroxyl groups excluding tert-OH is 1. The van der Waals surface area contributed by atoms with Gasteiger partial charge in [-0.25, -0.2) is 4.79 Å². The monoisotopic (exact) mass is 334 g/mol. The van der Waals surface area contributed by atoms with Crippen LogP contribution < -0.4 is 5.32 Å². The molecular formula is C18H26N2O4. The number of ether oxygens (including phenoxy) is 1. The number of hydrogen-bond donors (Lipinski definition) is 2. The molecule has 1 fully saturated rings. The van der Waals surface area contributed by atoms with Gasteiger partial charge in [0.05, 0.1) is 0 Å². The molecule has 1 aromatic carbocycles. The van der Waals surface area contributed by atoms with Gasteiger partial charge in [-0.2, -0.15) is 0 Å². The van der Waals surface area contributed by atoms with Crippen molar-refractivity contribution in [2.45, 2.75) is 45.1 Å². The molecule has 0 unspecified atom stereocenters. The van der Waals surface area contributed by atoms with Crippen LogP contribution in [0, 0.1) is 0 Å². The van der Waals surface area contributed by atoms with E-state index in [0.29, 0.717) is 24.7 Å². The summed E-state index contributed by atoms with van der Waals surface area (Å²) in [4.78, 5) is 25.1. The zero-order valence-corrected chi connectivity index (χ0v) is 14.5. The number of nitrogens with one attached hydrogen (secondary N) is 1. The van der Waals surface area contributed by atoms with Gasteiger partial charge in [0.15, 0.2) is 0 Å². The number of anilines is 1. The van der Waals surface area contributed by atoms with Crippen LogP contribution in [0.15, 0.2) is 24.3 Å². The highest BCUT2D eigenvalue weighted by Gasteiger charge is 2.23. The fourth-order valence-electron chi connectivity index (χ4n) is 2.85. The summed E-state index contributed by atoms with van der Waals surface area (Å²) in [6.07, 6.45) is 1.23. The number of carbonyl (C=O) groups is 2. The molecule has 0 bridgehead atoms. The number of aliphatic hydroxyl groups is 1. The molecule has 1 saturated heterocycles. The topological polar surface area (TPSA) is 78.9 Å². The van der Waals surface area contributed by atoms with Gasteiger partial charge in [-0.05, 0) is 57.2 Å². The molecule has 1 aliphatic heterocycles. The summed E-state index contributed by atoms with van der Waals surface area (Å²) in [6, 6.07) is 7.73. The van der Waals surface area contributed by atoms with Crippen LogP contribution in [0.5, 0.6) is 0 Å². The molecule has 132 valence electrons. The first-order chi connectivity index (χ1) is 11.3. The number of amides is 2. The maximum atomic E-state index is 11.9. The molecular weight excluding hydrogens is 308 g/mol. The summed E-state index contributed by atoms with van der Waals surface area (Å²) >= 11 is 0. The van der Waals surface area contributed by atoms with Crippen molar-refractivity contribution in [1.29, 1.82) is 0 Å². The Hall–Kier alpha value is -2.08. The number of hydrogen-bond acceptors (Lipinski definition) is 4. The highest BCUT2D eigenvalue weighted by molar-refractivity contribution is 5.85. The largest absolute Gasteiger partial charge is 0.444 e. The van der Waals surface area contributed by atoms with Crippen molar-refractivity contribution >= 4 is 17.7 Å². The van der Waals surface area contributed by atoms with Gasteiger partial charge in [0.25, 0.3) is 0 Å². The van der Waals surface area contributed by atoms with E-state index in [1.54, 1.807) is 4.90 Å². The number of benzene rings is 1. The fraction of sp³-hybridized carbons (Fsp3) is 0.556. The van der Waals surface area contributed by atoms with Gasteiger partial charge in [-0.3, -0.25) is 10.1 Å². The molecule has 0 aliphatic carbocycles. The molecule has 1 aromatic rings. The van der Waals surface area contributed by atoms with Crippen LogP contribution in [0.2, 0.25) is 0 Å². The summed E-state index contributed by atoms with van der Waals surface area (Å²) in [6.45, 7) is 6.33. The number of rotatable bonds is 3. The third-order valence-electron chi connectivity index (χ3n) is 3.99. The Morgan fingerprint density at radius 3 is 2.54 bits per heavy atom. The molecule has 1 heterocycles. The lowest BCUT2D eigenvalue weighted by atomic mass is 9.89. The molecule has 0 atom stereocenters. The Bertz CT molecular complexity index is 587. The predicted molar refractivity (Wildman–Crippen MR) is 91.9 cm³/mol. The molecule has 24 heavy (non-hydrogen) atoms. The van der Waals surface area contributed by atoms with E-state index in [-0.39, 0.29) is 5.91 Å². The van der Waals surface area contributed by atoms with Crippen LogP contribution >= 0.6 is 0 Å². The summed E-state index contributed by atoms with van der Waals surface area (Å²) < 4.78 is 5.26. The van der Waals surface area contributed by atoms with Gasteiger partial charge < -0.3 is 14.7 Å². The van der Waals surface area contributed by atoms with Crippen molar-refractivity contribution in [3.63, 3.8) is 0 Å². The van der Waals surface area contributed by atoms with Crippen molar-refractivity contribution in [2.24, 2.45) is 0 Å². The Morgan fingerprint density at radius 2 is 1.96 bits per heavy atom. The van der Waals surface area contributed by atoms with E-state index in [2.05, 4.69) is 5.32 Å². The Morgan fingerprint density at radius 1 is 1.29 bits per heavy atom. The van der Waals surface area contributed by atoms with Crippen LogP contribution in [0.1, 0.15) is 45.1 Å². The molecule has 6 heteroatoms. The summed E-state index contributed by atoms with van der Waals surface area (Å²) in [5.74, 6) is 0.127. The second kappa shape index (κ2) is 7.66. The first-order valence-corrected chi connectivity index (χ1v) is 8.27. The van der Waals surface area contributed by atoms with E-state index < -0.39 is 18.3 Å². The van der Waals surface area contributed by atoms with Crippen LogP contribution in [-0.4, -0.2) is 47.3 Å². The van der Waals surface area contributed by atoms with Gasteiger partial charge in [-0.1, -0.05) is 12.1 Å². The Kier molecular flexibility index (Phi) is 5.83. The summed E-state index contributed by atoms with van der Waals surface area (Å²) in [5, 5.41) is 11.7. The van der Waals surface area contributed by atoms with Crippen LogP contribution in [0.25, 0.3) is 0 Å². The average Bonchev–Trinajstić information content (AvgIpc) is 2.52. The number of piperidine rings is 1. The van der Waals surface area contributed by atoms with Crippen LogP contribution in [0.3, 0.4) is 0 Å². The smallest absolute Gasteiger partial charge is 0.412 e. The zero-order valence-electron chi connectivity index (χ0n) is 14.5. The predicted octanol–water partition coefficient (Wildman–Crippen LogP) is 2.73. The van der Waals surface area contributed by atoms with Gasteiger partial charge in [0, 0.05) is 18.8 Å². The van der Waals surface area contributed by atoms with Crippen molar-refractivity contribution in [3.05, 3.63) is 29.8 Å². The van der Waals surface area contributed by atoms with E-state index in [4.69, 9.17) is 9.84 Å². The van der Waals surface area contributed by atoms with E-state index in [1.807, 2.05) is 45.0 Å². The van der Waals surface area contributed by atoms with E-state index >= 15 is 0 Å². The lowest BCUT2D eigenvalue weighted by Crippen LogP contribution is -2.39. The van der Waals surface area contributed by atoms with Crippen LogP contribution in [-0.2, 0) is 9.53 Å². The zero-order chi connectivity index (χ0) is 17.7. The van der Waals surface area contributed by atoms with Gasteiger partial charge in [-0.15, -0.1) is 0 Å². The molecule has 2 amide bonds. The van der Waals surface area contributed by atoms with E-state index in [9.17, 15) is 9.59 Å². The second-order valence-corrected chi connectivity index (χ2v) is 7.07. The highest BCUT2D eigenvalue weighted by Crippen LogP contribution is 2.29. The van der Waals surface area contributed by atoms with E-state index in [0.717, 1.165) is 18.4 Å². The fourth-order valence-corrected chi connectivity index (χ4v) is 2.85. The molecule has 2 rings (SSSR count). The van der Waals surface area contributed by atoms with Gasteiger partial charge >= 0.3 is 6.09 Å². The summed E-state index contributed by atoms with van der Waals surface area (Å²) in [7, 11) is 0. The SMILES string of the molecule is CC(C)(C)OC(=O)Nc1cccc(C2CCN(C(=O)CO)CC2)c1. The number of carbonyl (C=O) groups excluding carboxylic acids is 2. The molecule has 0 radical (unpaired) electrons. The molecule has 1 aliphatic rings. The van der Waals surface area contributed by atoms with E-state index in [1.165, 1.54) is 0 Å². The Balaban J connectivity index is 1.96. The second-order valence-electron chi connectivity index (χ2n) is 7.07. The first-order valence-electron chi connectivity index (χ1n) is 8.27. The maximum Gasteiger partial charge on any atom is 0.412 e. The minimum absolute atomic E-state index is 0.214. The van der Waals surface area contributed by atoms with Crippen molar-refractivity contribution < 1.29 is 19.4 Å². The third-order valence-corrected chi connectivity index (χ3v) is 3.99. The molecule has 0 spiro atoms. The maximum absolute atomic E-state index is 11.9. The lowest BCUT2D eigenvalue weighted by molar-refractivity contribution is -0.135.